The quantitative estimate of drug-likeness (QED) is 0.0199. The van der Waals surface area contributed by atoms with Gasteiger partial charge in [0.05, 0.1) is 0 Å². The molecule has 0 aliphatic rings. The van der Waals surface area contributed by atoms with E-state index in [1.54, 1.807) is 0 Å². The normalized spacial score (nSPS) is 13.0. The van der Waals surface area contributed by atoms with E-state index < -0.39 is 6.10 Å². The molecule has 0 spiro atoms. The molecule has 0 aromatic heterocycles. The molecule has 6 heteroatoms. The van der Waals surface area contributed by atoms with Gasteiger partial charge in [0.1, 0.15) is 13.2 Å². The number of rotatable bonds is 46. The maximum atomic E-state index is 12.8. The molecular formula is C59H96O6. The average Bonchev–Trinajstić information content (AvgIpc) is 3.30. The topological polar surface area (TPSA) is 78.9 Å². The number of esters is 3. The molecule has 0 bridgehead atoms. The van der Waals surface area contributed by atoms with Gasteiger partial charge >= 0.3 is 17.9 Å². The Kier molecular flexibility index (Phi) is 49.5. The lowest BCUT2D eigenvalue weighted by Crippen LogP contribution is -2.30. The molecule has 0 rings (SSSR count). The molecule has 0 aromatic rings. The van der Waals surface area contributed by atoms with Crippen molar-refractivity contribution in [1.82, 2.24) is 0 Å². The molecule has 0 saturated carbocycles. The fraction of sp³-hybridized carbons (Fsp3) is 0.644. The SMILES string of the molecule is CC\C=C/C=C\C=C/CCCCCCCCCC(=O)OC(COC(=O)CC/C=C\C/C=C\C/C=C\C/C=C\C/C=C\C/C=C\CC)COC(=O)CCCCCCCCCCCCCCC. The Morgan fingerprint density at radius 1 is 0.338 bits per heavy atom. The van der Waals surface area contributed by atoms with E-state index in [1.807, 2.05) is 6.08 Å². The van der Waals surface area contributed by atoms with Gasteiger partial charge in [-0.05, 0) is 77.0 Å². The van der Waals surface area contributed by atoms with Crippen molar-refractivity contribution in [1.29, 1.82) is 0 Å². The van der Waals surface area contributed by atoms with E-state index >= 15 is 0 Å². The summed E-state index contributed by atoms with van der Waals surface area (Å²) in [7, 11) is 0. The predicted octanol–water partition coefficient (Wildman–Crippen LogP) is 17.5. The summed E-state index contributed by atoms with van der Waals surface area (Å²) < 4.78 is 16.7. The molecule has 1 atom stereocenters. The molecule has 0 amide bonds. The van der Waals surface area contributed by atoms with Crippen molar-refractivity contribution in [3.05, 3.63) is 109 Å². The Hall–Kier alpha value is -3.93. The third-order valence-electron chi connectivity index (χ3n) is 10.8. The van der Waals surface area contributed by atoms with Gasteiger partial charge < -0.3 is 14.2 Å². The van der Waals surface area contributed by atoms with Crippen LogP contribution in [0.1, 0.15) is 226 Å². The second-order valence-electron chi connectivity index (χ2n) is 17.1. The van der Waals surface area contributed by atoms with Gasteiger partial charge in [0.15, 0.2) is 6.10 Å². The zero-order valence-corrected chi connectivity index (χ0v) is 42.0. The van der Waals surface area contributed by atoms with Crippen LogP contribution < -0.4 is 0 Å². The minimum absolute atomic E-state index is 0.106. The first-order chi connectivity index (χ1) is 32.0. The van der Waals surface area contributed by atoms with Crippen LogP contribution in [0.4, 0.5) is 0 Å². The Bertz CT molecular complexity index is 1360. The Morgan fingerprint density at radius 2 is 0.708 bits per heavy atom. The summed E-state index contributed by atoms with van der Waals surface area (Å²) in [5.74, 6) is -1.01. The van der Waals surface area contributed by atoms with Crippen LogP contribution >= 0.6 is 0 Å². The molecule has 0 N–H and O–H groups in total. The minimum Gasteiger partial charge on any atom is -0.462 e. The van der Waals surface area contributed by atoms with E-state index in [-0.39, 0.29) is 37.5 Å². The molecule has 0 fully saturated rings. The number of allylic oxidation sites excluding steroid dienone is 18. The molecule has 0 saturated heterocycles. The third-order valence-corrected chi connectivity index (χ3v) is 10.8. The van der Waals surface area contributed by atoms with Crippen LogP contribution in [-0.2, 0) is 28.6 Å². The molecule has 6 nitrogen and oxygen atoms in total. The second kappa shape index (κ2) is 52.7. The summed E-state index contributed by atoms with van der Waals surface area (Å²) in [6.45, 7) is 6.31. The highest BCUT2D eigenvalue weighted by Gasteiger charge is 2.19. The highest BCUT2D eigenvalue weighted by molar-refractivity contribution is 5.71. The van der Waals surface area contributed by atoms with E-state index in [2.05, 4.69) is 124 Å². The Labute approximate surface area is 400 Å². The monoisotopic (exact) mass is 901 g/mol. The van der Waals surface area contributed by atoms with Gasteiger partial charge in [0, 0.05) is 19.3 Å². The molecule has 1 unspecified atom stereocenters. The van der Waals surface area contributed by atoms with Gasteiger partial charge in [-0.1, -0.05) is 239 Å². The first-order valence-electron chi connectivity index (χ1n) is 26.4. The van der Waals surface area contributed by atoms with Crippen LogP contribution in [0.3, 0.4) is 0 Å². The van der Waals surface area contributed by atoms with Crippen molar-refractivity contribution in [2.45, 2.75) is 232 Å². The number of carbonyl (C=O) groups excluding carboxylic acids is 3. The van der Waals surface area contributed by atoms with Gasteiger partial charge in [-0.25, -0.2) is 0 Å². The van der Waals surface area contributed by atoms with Crippen molar-refractivity contribution in [3.8, 4) is 0 Å². The second-order valence-corrected chi connectivity index (χ2v) is 17.1. The van der Waals surface area contributed by atoms with Crippen LogP contribution in [0.25, 0.3) is 0 Å². The van der Waals surface area contributed by atoms with E-state index in [0.29, 0.717) is 19.3 Å². The van der Waals surface area contributed by atoms with Crippen molar-refractivity contribution in [2.24, 2.45) is 0 Å². The minimum atomic E-state index is -0.815. The van der Waals surface area contributed by atoms with Crippen LogP contribution in [0.5, 0.6) is 0 Å². The molecule has 65 heavy (non-hydrogen) atoms. The van der Waals surface area contributed by atoms with Gasteiger partial charge in [-0.2, -0.15) is 0 Å². The smallest absolute Gasteiger partial charge is 0.306 e. The standard InChI is InChI=1S/C59H96O6/c1-4-7-10-13-16-19-22-25-27-28-29-30-32-34-37-40-43-46-49-52-58(61)64-55-56(54-63-57(60)51-48-45-42-39-36-33-24-21-18-15-12-9-6-3)65-59(62)53-50-47-44-41-38-35-31-26-23-20-17-14-11-8-5-2/h7-8,10-11,14,16-17,19-20,23,25,27,29-30,34,37,43,46,56H,4-6,9,12-13,15,18,21-22,24,26,28,31-33,35-36,38-42,44-45,47-55H2,1-3H3/b10-7-,11-8-,17-14-,19-16-,23-20-,27-25-,30-29-,37-34-,46-43-. The van der Waals surface area contributed by atoms with E-state index in [4.69, 9.17) is 14.2 Å². The van der Waals surface area contributed by atoms with E-state index in [9.17, 15) is 14.4 Å². The van der Waals surface area contributed by atoms with Crippen molar-refractivity contribution < 1.29 is 28.6 Å². The largest absolute Gasteiger partial charge is 0.462 e. The molecule has 0 aromatic carbocycles. The summed E-state index contributed by atoms with van der Waals surface area (Å²) >= 11 is 0. The maximum absolute atomic E-state index is 12.8. The number of ether oxygens (including phenoxy) is 3. The molecule has 0 heterocycles. The average molecular weight is 901 g/mol. The van der Waals surface area contributed by atoms with Crippen LogP contribution in [0.2, 0.25) is 0 Å². The van der Waals surface area contributed by atoms with Gasteiger partial charge in [-0.3, -0.25) is 14.4 Å². The lowest BCUT2D eigenvalue weighted by Gasteiger charge is -2.18. The summed E-state index contributed by atoms with van der Waals surface area (Å²) in [6, 6.07) is 0. The lowest BCUT2D eigenvalue weighted by molar-refractivity contribution is -0.166. The molecule has 368 valence electrons. The van der Waals surface area contributed by atoms with E-state index in [0.717, 1.165) is 96.3 Å². The van der Waals surface area contributed by atoms with Crippen molar-refractivity contribution in [3.63, 3.8) is 0 Å². The van der Waals surface area contributed by atoms with Gasteiger partial charge in [-0.15, -0.1) is 0 Å². The first-order valence-corrected chi connectivity index (χ1v) is 26.4. The van der Waals surface area contributed by atoms with E-state index in [1.165, 1.54) is 83.5 Å². The number of carbonyl (C=O) groups is 3. The Balaban J connectivity index is 4.52. The van der Waals surface area contributed by atoms with Crippen molar-refractivity contribution in [2.75, 3.05) is 13.2 Å². The van der Waals surface area contributed by atoms with Crippen LogP contribution in [0.15, 0.2) is 109 Å². The zero-order valence-electron chi connectivity index (χ0n) is 42.0. The highest BCUT2D eigenvalue weighted by Crippen LogP contribution is 2.14. The molecule has 0 radical (unpaired) electrons. The molecule has 0 aliphatic heterocycles. The Morgan fingerprint density at radius 3 is 1.17 bits per heavy atom. The lowest BCUT2D eigenvalue weighted by atomic mass is 10.0. The van der Waals surface area contributed by atoms with Gasteiger partial charge in [0.25, 0.3) is 0 Å². The summed E-state index contributed by atoms with van der Waals surface area (Å²) in [4.78, 5) is 38.0. The van der Waals surface area contributed by atoms with Crippen molar-refractivity contribution >= 4 is 17.9 Å². The van der Waals surface area contributed by atoms with Crippen LogP contribution in [0, 0.1) is 0 Å². The predicted molar refractivity (Wildman–Crippen MR) is 279 cm³/mol. The number of hydrogen-bond acceptors (Lipinski definition) is 6. The molecular weight excluding hydrogens is 805 g/mol. The fourth-order valence-electron chi connectivity index (χ4n) is 6.94. The van der Waals surface area contributed by atoms with Crippen LogP contribution in [-0.4, -0.2) is 37.2 Å². The number of unbranched alkanes of at least 4 members (excludes halogenated alkanes) is 19. The fourth-order valence-corrected chi connectivity index (χ4v) is 6.94. The number of hydrogen-bond donors (Lipinski definition) is 0. The third kappa shape index (κ3) is 50.9. The maximum Gasteiger partial charge on any atom is 0.306 e. The first kappa shape index (κ1) is 61.1. The molecule has 0 aliphatic carbocycles. The zero-order chi connectivity index (χ0) is 47.2. The summed E-state index contributed by atoms with van der Waals surface area (Å²) in [5.41, 5.74) is 0. The summed E-state index contributed by atoms with van der Waals surface area (Å²) in [6.07, 6.45) is 70.8. The summed E-state index contributed by atoms with van der Waals surface area (Å²) in [5, 5.41) is 0. The van der Waals surface area contributed by atoms with Gasteiger partial charge in [0.2, 0.25) is 0 Å². The highest BCUT2D eigenvalue weighted by atomic mass is 16.6.